The Morgan fingerprint density at radius 1 is 0.816 bits per heavy atom. The van der Waals surface area contributed by atoms with Gasteiger partial charge in [0, 0.05) is 30.7 Å². The van der Waals surface area contributed by atoms with Crippen LogP contribution >= 0.6 is 0 Å². The molecule has 5 heteroatoms. The lowest BCUT2D eigenvalue weighted by atomic mass is 9.79. The van der Waals surface area contributed by atoms with Crippen molar-refractivity contribution < 1.29 is 4.79 Å². The molecular formula is C33H34N4O. The Morgan fingerprint density at radius 2 is 1.53 bits per heavy atom. The first-order valence-corrected chi connectivity index (χ1v) is 13.7. The second-order valence-corrected chi connectivity index (χ2v) is 10.8. The Hall–Kier alpha value is -3.93. The Balaban J connectivity index is 1.26. The molecule has 3 aromatic rings. The summed E-state index contributed by atoms with van der Waals surface area (Å²) in [5.41, 5.74) is 6.50. The van der Waals surface area contributed by atoms with E-state index in [-0.39, 0.29) is 11.4 Å². The van der Waals surface area contributed by atoms with Crippen LogP contribution in [0.25, 0.3) is 11.1 Å². The average Bonchev–Trinajstić information content (AvgIpc) is 3.18. The van der Waals surface area contributed by atoms with Crippen LogP contribution in [-0.4, -0.2) is 36.0 Å². The van der Waals surface area contributed by atoms with Crippen LogP contribution in [0, 0.1) is 22.7 Å². The van der Waals surface area contributed by atoms with Crippen LogP contribution in [0.15, 0.2) is 66.7 Å². The van der Waals surface area contributed by atoms with E-state index in [1.807, 2.05) is 60.7 Å². The third-order valence-corrected chi connectivity index (χ3v) is 8.30. The Kier molecular flexibility index (Phi) is 7.87. The molecule has 1 amide bonds. The van der Waals surface area contributed by atoms with Crippen LogP contribution in [0.2, 0.25) is 0 Å². The number of rotatable bonds is 6. The van der Waals surface area contributed by atoms with Gasteiger partial charge in [0.1, 0.15) is 0 Å². The first kappa shape index (κ1) is 25.7. The van der Waals surface area contributed by atoms with Crippen molar-refractivity contribution in [3.05, 3.63) is 94.5 Å². The molecule has 1 heterocycles. The number of benzene rings is 3. The lowest BCUT2D eigenvalue weighted by molar-refractivity contribution is 0.0844. The van der Waals surface area contributed by atoms with Crippen molar-refractivity contribution in [2.75, 3.05) is 19.6 Å². The van der Waals surface area contributed by atoms with E-state index in [1.165, 1.54) is 17.5 Å². The van der Waals surface area contributed by atoms with Crippen molar-refractivity contribution in [1.82, 2.24) is 10.2 Å². The third-order valence-electron chi connectivity index (χ3n) is 8.30. The summed E-state index contributed by atoms with van der Waals surface area (Å²) in [7, 11) is 0. The summed E-state index contributed by atoms with van der Waals surface area (Å²) in [6.45, 7) is 2.96. The number of hydrogen-bond donors (Lipinski definition) is 1. The highest BCUT2D eigenvalue weighted by molar-refractivity contribution is 5.96. The second-order valence-electron chi connectivity index (χ2n) is 10.8. The summed E-state index contributed by atoms with van der Waals surface area (Å²) in [4.78, 5) is 16.1. The molecule has 2 aliphatic rings. The molecule has 5 rings (SSSR count). The highest BCUT2D eigenvalue weighted by Crippen LogP contribution is 2.32. The highest BCUT2D eigenvalue weighted by Gasteiger charge is 2.34. The molecule has 38 heavy (non-hydrogen) atoms. The first-order valence-electron chi connectivity index (χ1n) is 13.7. The maximum atomic E-state index is 13.5. The number of nitrogens with zero attached hydrogens (tertiary/aromatic N) is 3. The van der Waals surface area contributed by atoms with Gasteiger partial charge in [-0.05, 0) is 90.8 Å². The first-order chi connectivity index (χ1) is 18.6. The summed E-state index contributed by atoms with van der Waals surface area (Å²) >= 11 is 0. The van der Waals surface area contributed by atoms with E-state index in [4.69, 9.17) is 5.26 Å². The lowest BCUT2D eigenvalue weighted by Gasteiger charge is -2.39. The molecule has 0 spiro atoms. The van der Waals surface area contributed by atoms with Crippen LogP contribution in [0.5, 0.6) is 0 Å². The number of nitriles is 2. The zero-order valence-electron chi connectivity index (χ0n) is 21.9. The van der Waals surface area contributed by atoms with Crippen LogP contribution in [0.4, 0.5) is 0 Å². The monoisotopic (exact) mass is 502 g/mol. The van der Waals surface area contributed by atoms with E-state index < -0.39 is 0 Å². The summed E-state index contributed by atoms with van der Waals surface area (Å²) in [5.74, 6) is -0.00491. The van der Waals surface area contributed by atoms with Gasteiger partial charge in [0.25, 0.3) is 5.91 Å². The van der Waals surface area contributed by atoms with Gasteiger partial charge in [-0.1, -0.05) is 49.6 Å². The summed E-state index contributed by atoms with van der Waals surface area (Å²) in [6, 6.07) is 25.8. The van der Waals surface area contributed by atoms with Crippen molar-refractivity contribution in [1.29, 1.82) is 10.5 Å². The minimum atomic E-state index is -0.174. The van der Waals surface area contributed by atoms with Gasteiger partial charge in [0.05, 0.1) is 23.3 Å². The van der Waals surface area contributed by atoms with Gasteiger partial charge in [-0.2, -0.15) is 10.5 Å². The number of fused-ring (bicyclic) bond motifs is 1. The predicted molar refractivity (Wildman–Crippen MR) is 149 cm³/mol. The van der Waals surface area contributed by atoms with E-state index in [9.17, 15) is 10.1 Å². The molecule has 0 unspecified atom stereocenters. The maximum absolute atomic E-state index is 13.5. The fourth-order valence-corrected chi connectivity index (χ4v) is 5.99. The van der Waals surface area contributed by atoms with Crippen LogP contribution < -0.4 is 5.32 Å². The van der Waals surface area contributed by atoms with Crippen LogP contribution in [0.3, 0.4) is 0 Å². The van der Waals surface area contributed by atoms with E-state index in [0.717, 1.165) is 81.3 Å². The van der Waals surface area contributed by atoms with Gasteiger partial charge in [-0.3, -0.25) is 4.79 Å². The number of carbonyl (C=O) groups is 1. The molecular weight excluding hydrogens is 468 g/mol. The van der Waals surface area contributed by atoms with Crippen LogP contribution in [-0.2, 0) is 12.8 Å². The molecule has 3 aromatic carbocycles. The zero-order valence-corrected chi connectivity index (χ0v) is 21.9. The van der Waals surface area contributed by atoms with E-state index in [2.05, 4.69) is 28.4 Å². The summed E-state index contributed by atoms with van der Waals surface area (Å²) < 4.78 is 0. The molecule has 0 radical (unpaired) electrons. The molecule has 5 nitrogen and oxygen atoms in total. The maximum Gasteiger partial charge on any atom is 0.251 e. The average molecular weight is 503 g/mol. The number of amides is 1. The van der Waals surface area contributed by atoms with Gasteiger partial charge in [0.15, 0.2) is 0 Å². The fourth-order valence-electron chi connectivity index (χ4n) is 5.99. The van der Waals surface area contributed by atoms with E-state index in [1.54, 1.807) is 0 Å². The predicted octanol–water partition coefficient (Wildman–Crippen LogP) is 6.02. The van der Waals surface area contributed by atoms with Gasteiger partial charge >= 0.3 is 0 Å². The third kappa shape index (κ3) is 5.96. The molecule has 1 aliphatic carbocycles. The Bertz CT molecular complexity index is 1370. The second kappa shape index (κ2) is 11.6. The van der Waals surface area contributed by atoms with Crippen molar-refractivity contribution in [2.24, 2.45) is 0 Å². The summed E-state index contributed by atoms with van der Waals surface area (Å²) in [6.07, 6.45) is 8.48. The Labute approximate surface area is 225 Å². The zero-order chi connectivity index (χ0) is 26.4. The minimum Gasteiger partial charge on any atom is -0.347 e. The summed E-state index contributed by atoms with van der Waals surface area (Å²) in [5, 5.41) is 21.8. The smallest absolute Gasteiger partial charge is 0.251 e. The molecule has 1 fully saturated rings. The van der Waals surface area contributed by atoms with E-state index >= 15 is 0 Å². The minimum absolute atomic E-state index is 0.00491. The number of carbonyl (C=O) groups excluding carboxylic acids is 1. The molecule has 192 valence electrons. The van der Waals surface area contributed by atoms with Gasteiger partial charge < -0.3 is 10.2 Å². The molecule has 0 saturated heterocycles. The molecule has 0 bridgehead atoms. The molecule has 0 atom stereocenters. The van der Waals surface area contributed by atoms with Crippen LogP contribution in [0.1, 0.15) is 71.1 Å². The quantitative estimate of drug-likeness (QED) is 0.447. The van der Waals surface area contributed by atoms with Crippen molar-refractivity contribution in [2.45, 2.75) is 56.9 Å². The standard InChI is InChI=1S/C33H34N4O/c34-23-25-7-10-27(11-8-25)29-5-4-6-31(22-29)32(38)36-33(15-2-1-3-16-33)17-20-37-18-13-28-12-9-26(24-35)21-30(28)14-19-37/h4-12,21-22H,1-3,13-20H2,(H,36,38). The fraction of sp³-hybridized carbons (Fsp3) is 0.364. The lowest BCUT2D eigenvalue weighted by Crippen LogP contribution is -2.51. The number of hydrogen-bond acceptors (Lipinski definition) is 4. The van der Waals surface area contributed by atoms with Gasteiger partial charge in [-0.15, -0.1) is 0 Å². The van der Waals surface area contributed by atoms with E-state index in [0.29, 0.717) is 11.1 Å². The van der Waals surface area contributed by atoms with Gasteiger partial charge in [0.2, 0.25) is 0 Å². The largest absolute Gasteiger partial charge is 0.347 e. The highest BCUT2D eigenvalue weighted by atomic mass is 16.1. The molecule has 1 saturated carbocycles. The van der Waals surface area contributed by atoms with Crippen molar-refractivity contribution in [3.8, 4) is 23.3 Å². The molecule has 0 aromatic heterocycles. The number of nitrogens with one attached hydrogen (secondary N) is 1. The van der Waals surface area contributed by atoms with Crippen molar-refractivity contribution >= 4 is 5.91 Å². The normalized spacial score (nSPS) is 16.9. The van der Waals surface area contributed by atoms with Gasteiger partial charge in [-0.25, -0.2) is 0 Å². The topological polar surface area (TPSA) is 79.9 Å². The Morgan fingerprint density at radius 3 is 2.26 bits per heavy atom. The molecule has 1 aliphatic heterocycles. The molecule has 1 N–H and O–H groups in total. The SMILES string of the molecule is N#Cc1ccc(-c2cccc(C(=O)NC3(CCN4CCc5ccc(C#N)cc5CC4)CCCCC3)c2)cc1. The van der Waals surface area contributed by atoms with Crippen molar-refractivity contribution in [3.63, 3.8) is 0 Å².